The van der Waals surface area contributed by atoms with Crippen LogP contribution < -0.4 is 0 Å². The standard InChI is InChI=1S/C19H17BrFN3O4S/c1-2-7-24(10-16-22-23-18(28-16)15-4-3-8-29-15)17(25)11-27-19(26)13-6-5-12(21)9-14(13)20/h3-6,8-9H,2,7,10-11H2,1H3. The number of carbonyl (C=O) groups is 2. The number of carbonyl (C=O) groups excluding carboxylic acids is 2. The predicted octanol–water partition coefficient (Wildman–Crippen LogP) is 4.30. The number of thiophene rings is 1. The van der Waals surface area contributed by atoms with Gasteiger partial charge in [-0.3, -0.25) is 4.79 Å². The molecule has 0 aliphatic rings. The summed E-state index contributed by atoms with van der Waals surface area (Å²) in [5, 5.41) is 9.89. The van der Waals surface area contributed by atoms with Gasteiger partial charge in [0, 0.05) is 11.0 Å². The van der Waals surface area contributed by atoms with E-state index in [0.29, 0.717) is 24.7 Å². The SMILES string of the molecule is CCCN(Cc1nnc(-c2cccs2)o1)C(=O)COC(=O)c1ccc(F)cc1Br. The van der Waals surface area contributed by atoms with E-state index >= 15 is 0 Å². The van der Waals surface area contributed by atoms with Crippen molar-refractivity contribution in [2.75, 3.05) is 13.2 Å². The molecular formula is C19H17BrFN3O4S. The highest BCUT2D eigenvalue weighted by atomic mass is 79.9. The summed E-state index contributed by atoms with van der Waals surface area (Å²) in [4.78, 5) is 27.0. The lowest BCUT2D eigenvalue weighted by atomic mass is 10.2. The normalized spacial score (nSPS) is 10.7. The Morgan fingerprint density at radius 1 is 1.31 bits per heavy atom. The number of ether oxygens (including phenoxy) is 1. The Morgan fingerprint density at radius 3 is 2.83 bits per heavy atom. The maximum Gasteiger partial charge on any atom is 0.339 e. The molecule has 0 saturated carbocycles. The molecule has 0 saturated heterocycles. The van der Waals surface area contributed by atoms with Crippen molar-refractivity contribution in [3.63, 3.8) is 0 Å². The number of hydrogen-bond acceptors (Lipinski definition) is 7. The van der Waals surface area contributed by atoms with Crippen LogP contribution in [0.5, 0.6) is 0 Å². The van der Waals surface area contributed by atoms with E-state index in [2.05, 4.69) is 26.1 Å². The number of aromatic nitrogens is 2. The van der Waals surface area contributed by atoms with Crippen LogP contribution >= 0.6 is 27.3 Å². The fourth-order valence-corrected chi connectivity index (χ4v) is 3.65. The molecule has 0 bridgehead atoms. The maximum absolute atomic E-state index is 13.2. The molecule has 1 amide bonds. The third kappa shape index (κ3) is 5.48. The van der Waals surface area contributed by atoms with E-state index in [1.54, 1.807) is 0 Å². The van der Waals surface area contributed by atoms with Crippen LogP contribution in [0.2, 0.25) is 0 Å². The zero-order chi connectivity index (χ0) is 20.8. The highest BCUT2D eigenvalue weighted by molar-refractivity contribution is 9.10. The number of halogens is 2. The van der Waals surface area contributed by atoms with Crippen LogP contribution in [0, 0.1) is 5.82 Å². The summed E-state index contributed by atoms with van der Waals surface area (Å²) < 4.78 is 24.1. The van der Waals surface area contributed by atoms with E-state index in [4.69, 9.17) is 9.15 Å². The molecule has 0 radical (unpaired) electrons. The Bertz CT molecular complexity index is 993. The Kier molecular flexibility index (Phi) is 7.10. The summed E-state index contributed by atoms with van der Waals surface area (Å²) in [6.45, 7) is 2.03. The van der Waals surface area contributed by atoms with Gasteiger partial charge in [-0.05, 0) is 52.0 Å². The maximum atomic E-state index is 13.2. The summed E-state index contributed by atoms with van der Waals surface area (Å²) in [6.07, 6.45) is 0.703. The van der Waals surface area contributed by atoms with E-state index in [1.165, 1.54) is 22.3 Å². The summed E-state index contributed by atoms with van der Waals surface area (Å²) in [5.41, 5.74) is 0.138. The van der Waals surface area contributed by atoms with Crippen molar-refractivity contribution < 1.29 is 23.1 Å². The van der Waals surface area contributed by atoms with Crippen LogP contribution in [0.1, 0.15) is 29.6 Å². The molecule has 10 heteroatoms. The molecule has 0 unspecified atom stereocenters. The van der Waals surface area contributed by atoms with Gasteiger partial charge in [-0.25, -0.2) is 9.18 Å². The van der Waals surface area contributed by atoms with E-state index in [1.807, 2.05) is 24.4 Å². The largest absolute Gasteiger partial charge is 0.452 e. The van der Waals surface area contributed by atoms with Gasteiger partial charge in [0.05, 0.1) is 17.0 Å². The molecule has 2 heterocycles. The number of benzene rings is 1. The van der Waals surface area contributed by atoms with Crippen molar-refractivity contribution in [3.8, 4) is 10.8 Å². The summed E-state index contributed by atoms with van der Waals surface area (Å²) >= 11 is 4.58. The van der Waals surface area contributed by atoms with Gasteiger partial charge in [0.15, 0.2) is 6.61 Å². The van der Waals surface area contributed by atoms with Crippen LogP contribution in [0.25, 0.3) is 10.8 Å². The number of esters is 1. The predicted molar refractivity (Wildman–Crippen MR) is 108 cm³/mol. The fraction of sp³-hybridized carbons (Fsp3) is 0.263. The quantitative estimate of drug-likeness (QED) is 0.446. The van der Waals surface area contributed by atoms with Gasteiger partial charge < -0.3 is 14.1 Å². The summed E-state index contributed by atoms with van der Waals surface area (Å²) in [6, 6.07) is 7.34. The lowest BCUT2D eigenvalue weighted by molar-refractivity contribution is -0.135. The molecule has 3 aromatic rings. The molecule has 0 spiro atoms. The average molecular weight is 482 g/mol. The first-order chi connectivity index (χ1) is 14.0. The Hall–Kier alpha value is -2.59. The van der Waals surface area contributed by atoms with Crippen LogP contribution in [0.4, 0.5) is 4.39 Å². The number of rotatable bonds is 8. The first-order valence-electron chi connectivity index (χ1n) is 8.74. The van der Waals surface area contributed by atoms with E-state index in [9.17, 15) is 14.0 Å². The first kappa shape index (κ1) is 21.1. The van der Waals surface area contributed by atoms with Crippen LogP contribution in [0.15, 0.2) is 44.6 Å². The smallest absolute Gasteiger partial charge is 0.339 e. The van der Waals surface area contributed by atoms with Gasteiger partial charge in [0.2, 0.25) is 5.89 Å². The van der Waals surface area contributed by atoms with E-state index < -0.39 is 24.3 Å². The Morgan fingerprint density at radius 2 is 2.14 bits per heavy atom. The molecule has 3 rings (SSSR count). The zero-order valence-electron chi connectivity index (χ0n) is 15.4. The number of amides is 1. The monoisotopic (exact) mass is 481 g/mol. The first-order valence-corrected chi connectivity index (χ1v) is 10.4. The second kappa shape index (κ2) is 9.75. The molecule has 0 atom stereocenters. The summed E-state index contributed by atoms with van der Waals surface area (Å²) in [7, 11) is 0. The van der Waals surface area contributed by atoms with Gasteiger partial charge in [-0.1, -0.05) is 13.0 Å². The molecule has 29 heavy (non-hydrogen) atoms. The van der Waals surface area contributed by atoms with Gasteiger partial charge in [0.1, 0.15) is 5.82 Å². The minimum absolute atomic E-state index is 0.114. The molecule has 152 valence electrons. The lowest BCUT2D eigenvalue weighted by Crippen LogP contribution is -2.35. The third-order valence-electron chi connectivity index (χ3n) is 3.85. The lowest BCUT2D eigenvalue weighted by Gasteiger charge is -2.20. The highest BCUT2D eigenvalue weighted by Gasteiger charge is 2.20. The van der Waals surface area contributed by atoms with Gasteiger partial charge in [-0.15, -0.1) is 21.5 Å². The number of hydrogen-bond donors (Lipinski definition) is 0. The van der Waals surface area contributed by atoms with Crippen molar-refractivity contribution in [1.82, 2.24) is 15.1 Å². The Balaban J connectivity index is 1.61. The summed E-state index contributed by atoms with van der Waals surface area (Å²) in [5.74, 6) is -0.914. The third-order valence-corrected chi connectivity index (χ3v) is 5.36. The second-order valence-corrected chi connectivity index (χ2v) is 7.80. The minimum atomic E-state index is -0.723. The van der Waals surface area contributed by atoms with E-state index in [0.717, 1.165) is 17.0 Å². The fourth-order valence-electron chi connectivity index (χ4n) is 2.49. The molecule has 0 fully saturated rings. The van der Waals surface area contributed by atoms with Crippen molar-refractivity contribution in [1.29, 1.82) is 0 Å². The number of nitrogens with zero attached hydrogens (tertiary/aromatic N) is 3. The molecule has 1 aromatic carbocycles. The van der Waals surface area contributed by atoms with Gasteiger partial charge >= 0.3 is 5.97 Å². The minimum Gasteiger partial charge on any atom is -0.452 e. The van der Waals surface area contributed by atoms with E-state index in [-0.39, 0.29) is 16.6 Å². The topological polar surface area (TPSA) is 85.5 Å². The molecule has 2 aromatic heterocycles. The van der Waals surface area contributed by atoms with Crippen molar-refractivity contribution in [2.45, 2.75) is 19.9 Å². The van der Waals surface area contributed by atoms with Crippen molar-refractivity contribution in [2.24, 2.45) is 0 Å². The van der Waals surface area contributed by atoms with Crippen molar-refractivity contribution >= 4 is 39.1 Å². The van der Waals surface area contributed by atoms with Gasteiger partial charge in [-0.2, -0.15) is 0 Å². The molecular weight excluding hydrogens is 465 g/mol. The van der Waals surface area contributed by atoms with Crippen LogP contribution in [-0.2, 0) is 16.1 Å². The second-order valence-electron chi connectivity index (χ2n) is 5.99. The zero-order valence-corrected chi connectivity index (χ0v) is 17.8. The molecule has 0 aliphatic carbocycles. The van der Waals surface area contributed by atoms with Gasteiger partial charge in [0.25, 0.3) is 11.8 Å². The molecule has 7 nitrogen and oxygen atoms in total. The average Bonchev–Trinajstić information content (AvgIpc) is 3.37. The van der Waals surface area contributed by atoms with Crippen molar-refractivity contribution in [3.05, 3.63) is 57.5 Å². The van der Waals surface area contributed by atoms with Crippen LogP contribution in [0.3, 0.4) is 0 Å². The van der Waals surface area contributed by atoms with Crippen LogP contribution in [-0.4, -0.2) is 40.1 Å². The molecule has 0 aliphatic heterocycles. The highest BCUT2D eigenvalue weighted by Crippen LogP contribution is 2.23. The Labute approximate surface area is 178 Å². The molecule has 0 N–H and O–H groups in total.